The predicted molar refractivity (Wildman–Crippen MR) is 75.7 cm³/mol. The highest BCUT2D eigenvalue weighted by molar-refractivity contribution is 5.93. The molecule has 1 unspecified atom stereocenters. The van der Waals surface area contributed by atoms with Crippen molar-refractivity contribution in [3.8, 4) is 0 Å². The lowest BCUT2D eigenvalue weighted by Crippen LogP contribution is -2.18. The molecule has 0 radical (unpaired) electrons. The van der Waals surface area contributed by atoms with E-state index in [9.17, 15) is 9.90 Å². The lowest BCUT2D eigenvalue weighted by Gasteiger charge is -2.20. The lowest BCUT2D eigenvalue weighted by atomic mass is 9.85. The molecule has 0 bridgehead atoms. The Kier molecular flexibility index (Phi) is 2.66. The van der Waals surface area contributed by atoms with Gasteiger partial charge in [0.1, 0.15) is 0 Å². The number of hydrogen-bond acceptors (Lipinski definition) is 1. The second-order valence-electron chi connectivity index (χ2n) is 5.68. The van der Waals surface area contributed by atoms with Crippen molar-refractivity contribution in [1.82, 2.24) is 4.57 Å². The third-order valence-corrected chi connectivity index (χ3v) is 4.34. The maximum absolute atomic E-state index is 11.5. The molecule has 1 aromatic carbocycles. The predicted octanol–water partition coefficient (Wildman–Crippen LogP) is 3.30. The molecule has 1 heterocycles. The van der Waals surface area contributed by atoms with Crippen LogP contribution in [-0.4, -0.2) is 15.6 Å². The van der Waals surface area contributed by atoms with Crippen molar-refractivity contribution in [3.05, 3.63) is 34.5 Å². The zero-order chi connectivity index (χ0) is 13.7. The second-order valence-corrected chi connectivity index (χ2v) is 5.68. The largest absolute Gasteiger partial charge is 0.481 e. The molecule has 0 saturated carbocycles. The third kappa shape index (κ3) is 1.68. The summed E-state index contributed by atoms with van der Waals surface area (Å²) in [7, 11) is 2.06. The smallest absolute Gasteiger partial charge is 0.311 e. The molecular formula is C16H19NO2. The van der Waals surface area contributed by atoms with Crippen LogP contribution in [0.25, 0.3) is 10.9 Å². The topological polar surface area (TPSA) is 42.2 Å². The van der Waals surface area contributed by atoms with Crippen molar-refractivity contribution in [1.29, 1.82) is 0 Å². The van der Waals surface area contributed by atoms with E-state index in [1.54, 1.807) is 0 Å². The van der Waals surface area contributed by atoms with Crippen LogP contribution in [0.1, 0.15) is 41.1 Å². The van der Waals surface area contributed by atoms with Crippen LogP contribution in [-0.2, 0) is 18.3 Å². The first-order chi connectivity index (χ1) is 9.00. The van der Waals surface area contributed by atoms with Crippen LogP contribution in [0.4, 0.5) is 0 Å². The molecule has 3 nitrogen and oxygen atoms in total. The fourth-order valence-corrected chi connectivity index (χ4v) is 3.64. The number of benzene rings is 1. The molecular weight excluding hydrogens is 238 g/mol. The van der Waals surface area contributed by atoms with E-state index in [1.165, 1.54) is 22.3 Å². The van der Waals surface area contributed by atoms with E-state index in [0.29, 0.717) is 0 Å². The maximum Gasteiger partial charge on any atom is 0.311 e. The Balaban J connectivity index is 2.41. The molecule has 100 valence electrons. The Labute approximate surface area is 112 Å². The number of aromatic nitrogens is 1. The second kappa shape index (κ2) is 4.12. The van der Waals surface area contributed by atoms with Gasteiger partial charge in [-0.15, -0.1) is 0 Å². The number of carboxylic acids is 1. The summed E-state index contributed by atoms with van der Waals surface area (Å²) in [6.45, 7) is 4.18. The van der Waals surface area contributed by atoms with Gasteiger partial charge in [-0.05, 0) is 50.3 Å². The molecule has 19 heavy (non-hydrogen) atoms. The Morgan fingerprint density at radius 2 is 2.11 bits per heavy atom. The first-order valence-corrected chi connectivity index (χ1v) is 6.82. The van der Waals surface area contributed by atoms with E-state index in [-0.39, 0.29) is 5.92 Å². The molecule has 1 aromatic heterocycles. The number of carboxylic acid groups (broad SMARTS) is 1. The zero-order valence-corrected chi connectivity index (χ0v) is 11.7. The Hall–Kier alpha value is -1.77. The van der Waals surface area contributed by atoms with Gasteiger partial charge in [-0.1, -0.05) is 11.6 Å². The molecule has 1 N–H and O–H groups in total. The van der Waals surface area contributed by atoms with Crippen LogP contribution in [0, 0.1) is 13.8 Å². The minimum absolute atomic E-state index is 0.339. The molecule has 0 spiro atoms. The summed E-state index contributed by atoms with van der Waals surface area (Å²) < 4.78 is 2.20. The van der Waals surface area contributed by atoms with E-state index in [2.05, 4.69) is 37.6 Å². The average molecular weight is 257 g/mol. The van der Waals surface area contributed by atoms with Crippen LogP contribution < -0.4 is 0 Å². The number of hydrogen-bond donors (Lipinski definition) is 1. The molecule has 1 aliphatic carbocycles. The van der Waals surface area contributed by atoms with Crippen LogP contribution in [0.3, 0.4) is 0 Å². The maximum atomic E-state index is 11.5. The SMILES string of the molecule is Cc1cc(C)c2c(c1)c1c(n2C)CCCC1C(=O)O. The zero-order valence-electron chi connectivity index (χ0n) is 11.7. The summed E-state index contributed by atoms with van der Waals surface area (Å²) >= 11 is 0. The third-order valence-electron chi connectivity index (χ3n) is 4.34. The van der Waals surface area contributed by atoms with Gasteiger partial charge in [0.05, 0.1) is 11.4 Å². The van der Waals surface area contributed by atoms with Gasteiger partial charge in [0, 0.05) is 18.1 Å². The normalized spacial score (nSPS) is 18.6. The first-order valence-electron chi connectivity index (χ1n) is 6.82. The summed E-state index contributed by atoms with van der Waals surface area (Å²) in [6.07, 6.45) is 2.71. The standard InChI is InChI=1S/C16H19NO2/c1-9-7-10(2)15-12(8-9)14-11(16(18)19)5-4-6-13(14)17(15)3/h7-8,11H,4-6H2,1-3H3,(H,18,19). The van der Waals surface area contributed by atoms with Gasteiger partial charge in [-0.2, -0.15) is 0 Å². The molecule has 0 amide bonds. The highest BCUT2D eigenvalue weighted by Gasteiger charge is 2.31. The van der Waals surface area contributed by atoms with Crippen LogP contribution in [0.2, 0.25) is 0 Å². The number of aliphatic carboxylic acids is 1. The summed E-state index contributed by atoms with van der Waals surface area (Å²) in [4.78, 5) is 11.5. The Morgan fingerprint density at radius 1 is 1.37 bits per heavy atom. The van der Waals surface area contributed by atoms with Crippen molar-refractivity contribution in [2.24, 2.45) is 7.05 Å². The van der Waals surface area contributed by atoms with Gasteiger partial charge in [-0.25, -0.2) is 0 Å². The molecule has 2 aromatic rings. The van der Waals surface area contributed by atoms with E-state index in [4.69, 9.17) is 0 Å². The number of rotatable bonds is 1. The highest BCUT2D eigenvalue weighted by atomic mass is 16.4. The fraction of sp³-hybridized carbons (Fsp3) is 0.438. The van der Waals surface area contributed by atoms with Crippen LogP contribution >= 0.6 is 0 Å². The number of nitrogens with zero attached hydrogens (tertiary/aromatic N) is 1. The van der Waals surface area contributed by atoms with Crippen molar-refractivity contribution >= 4 is 16.9 Å². The average Bonchev–Trinajstić information content (AvgIpc) is 2.63. The molecule has 3 heteroatoms. The van der Waals surface area contributed by atoms with Gasteiger partial charge in [0.15, 0.2) is 0 Å². The van der Waals surface area contributed by atoms with Gasteiger partial charge in [0.2, 0.25) is 0 Å². The monoisotopic (exact) mass is 257 g/mol. The summed E-state index contributed by atoms with van der Waals surface area (Å²) in [5.41, 5.74) is 5.90. The van der Waals surface area contributed by atoms with E-state index < -0.39 is 5.97 Å². The van der Waals surface area contributed by atoms with Crippen molar-refractivity contribution in [2.45, 2.75) is 39.0 Å². The molecule has 0 saturated heterocycles. The van der Waals surface area contributed by atoms with Gasteiger partial charge >= 0.3 is 5.97 Å². The summed E-state index contributed by atoms with van der Waals surface area (Å²) in [6, 6.07) is 4.31. The van der Waals surface area contributed by atoms with E-state index in [0.717, 1.165) is 30.2 Å². The van der Waals surface area contributed by atoms with Crippen molar-refractivity contribution in [3.63, 3.8) is 0 Å². The molecule has 1 aliphatic rings. The Morgan fingerprint density at radius 3 is 2.79 bits per heavy atom. The van der Waals surface area contributed by atoms with E-state index in [1.807, 2.05) is 0 Å². The quantitative estimate of drug-likeness (QED) is 0.851. The van der Waals surface area contributed by atoms with Gasteiger partial charge < -0.3 is 9.67 Å². The number of carbonyl (C=O) groups is 1. The first kappa shape index (κ1) is 12.3. The van der Waals surface area contributed by atoms with Crippen LogP contribution in [0.15, 0.2) is 12.1 Å². The highest BCUT2D eigenvalue weighted by Crippen LogP contribution is 2.40. The van der Waals surface area contributed by atoms with E-state index >= 15 is 0 Å². The molecule has 1 atom stereocenters. The lowest BCUT2D eigenvalue weighted by molar-refractivity contribution is -0.139. The minimum atomic E-state index is -0.687. The summed E-state index contributed by atoms with van der Waals surface area (Å²) in [5, 5.41) is 10.6. The van der Waals surface area contributed by atoms with Gasteiger partial charge in [0.25, 0.3) is 0 Å². The Bertz CT molecular complexity index is 682. The van der Waals surface area contributed by atoms with Crippen molar-refractivity contribution < 1.29 is 9.90 Å². The number of fused-ring (bicyclic) bond motifs is 3. The number of aryl methyl sites for hydroxylation is 3. The molecule has 0 aliphatic heterocycles. The molecule has 0 fully saturated rings. The van der Waals surface area contributed by atoms with Crippen LogP contribution in [0.5, 0.6) is 0 Å². The fourth-order valence-electron chi connectivity index (χ4n) is 3.64. The minimum Gasteiger partial charge on any atom is -0.481 e. The van der Waals surface area contributed by atoms with Crippen molar-refractivity contribution in [2.75, 3.05) is 0 Å². The summed E-state index contributed by atoms with van der Waals surface area (Å²) in [5.74, 6) is -1.03. The molecule has 3 rings (SSSR count). The van der Waals surface area contributed by atoms with Gasteiger partial charge in [-0.3, -0.25) is 4.79 Å².